The van der Waals surface area contributed by atoms with Gasteiger partial charge in [0, 0.05) is 22.6 Å². The van der Waals surface area contributed by atoms with Gasteiger partial charge in [-0.05, 0) is 50.2 Å². The number of halogens is 1. The second kappa shape index (κ2) is 7.49. The molecule has 0 unspecified atom stereocenters. The molecule has 0 aliphatic heterocycles. The van der Waals surface area contributed by atoms with Crippen molar-refractivity contribution in [2.75, 3.05) is 0 Å². The smallest absolute Gasteiger partial charge is 0.230 e. The van der Waals surface area contributed by atoms with E-state index >= 15 is 0 Å². The molecule has 1 saturated carbocycles. The molecule has 2 nitrogen and oxygen atoms in total. The van der Waals surface area contributed by atoms with Crippen LogP contribution in [0.25, 0.3) is 0 Å². The second-order valence-corrected chi connectivity index (χ2v) is 7.36. The highest BCUT2D eigenvalue weighted by molar-refractivity contribution is 6.29. The third kappa shape index (κ3) is 4.60. The Morgan fingerprint density at radius 3 is 2.57 bits per heavy atom. The molecule has 0 aromatic rings. The van der Waals surface area contributed by atoms with E-state index in [0.29, 0.717) is 12.3 Å². The fraction of sp³-hybridized carbons (Fsp3) is 0.667. The van der Waals surface area contributed by atoms with Crippen LogP contribution in [-0.2, 0) is 4.79 Å². The Bertz CT molecular complexity index is 430. The Kier molecular flexibility index (Phi) is 5.92. The summed E-state index contributed by atoms with van der Waals surface area (Å²) >= 11 is 5.95. The maximum atomic E-state index is 12.9. The zero-order valence-corrected chi connectivity index (χ0v) is 14.0. The molecule has 3 heteroatoms. The predicted octanol–water partition coefficient (Wildman–Crippen LogP) is 5.10. The third-order valence-electron chi connectivity index (χ3n) is 4.71. The maximum Gasteiger partial charge on any atom is 0.230 e. The molecule has 0 spiro atoms. The summed E-state index contributed by atoms with van der Waals surface area (Å²) in [6, 6.07) is 0. The van der Waals surface area contributed by atoms with E-state index in [1.165, 1.54) is 19.3 Å². The van der Waals surface area contributed by atoms with Gasteiger partial charge in [0.2, 0.25) is 5.91 Å². The first-order valence-corrected chi connectivity index (χ1v) is 8.61. The van der Waals surface area contributed by atoms with Gasteiger partial charge in [0.1, 0.15) is 0 Å². The Morgan fingerprint density at radius 2 is 2.00 bits per heavy atom. The topological polar surface area (TPSA) is 29.1 Å². The monoisotopic (exact) mass is 308 g/mol. The van der Waals surface area contributed by atoms with Crippen molar-refractivity contribution in [1.29, 1.82) is 0 Å². The van der Waals surface area contributed by atoms with Crippen molar-refractivity contribution in [3.8, 4) is 0 Å². The molecule has 2 aliphatic rings. The van der Waals surface area contributed by atoms with E-state index in [0.717, 1.165) is 36.4 Å². The molecule has 0 aromatic carbocycles. The van der Waals surface area contributed by atoms with Crippen LogP contribution in [0.1, 0.15) is 65.2 Å². The third-order valence-corrected chi connectivity index (χ3v) is 4.99. The van der Waals surface area contributed by atoms with E-state index in [1.807, 2.05) is 18.6 Å². The molecule has 0 aromatic heterocycles. The van der Waals surface area contributed by atoms with Crippen LogP contribution in [0.5, 0.6) is 0 Å². The fourth-order valence-electron chi connectivity index (χ4n) is 3.26. The van der Waals surface area contributed by atoms with Gasteiger partial charge in [-0.15, -0.1) is 0 Å². The van der Waals surface area contributed by atoms with E-state index in [-0.39, 0.29) is 11.3 Å². The first-order chi connectivity index (χ1) is 10.0. The lowest BCUT2D eigenvalue weighted by Gasteiger charge is -2.37. The molecule has 1 N–H and O–H groups in total. The van der Waals surface area contributed by atoms with Crippen molar-refractivity contribution < 1.29 is 4.79 Å². The average molecular weight is 309 g/mol. The van der Waals surface area contributed by atoms with Crippen LogP contribution < -0.4 is 5.32 Å². The number of rotatable bonds is 5. The molecule has 0 heterocycles. The number of hydrogen-bond donors (Lipinski definition) is 1. The van der Waals surface area contributed by atoms with Crippen LogP contribution in [-0.4, -0.2) is 5.91 Å². The molecule has 1 radical (unpaired) electrons. The van der Waals surface area contributed by atoms with Crippen molar-refractivity contribution in [3.05, 3.63) is 29.3 Å². The Hall–Kier alpha value is -0.760. The minimum Gasteiger partial charge on any atom is -0.329 e. The summed E-state index contributed by atoms with van der Waals surface area (Å²) in [6.45, 7) is 4.47. The minimum atomic E-state index is -0.151. The number of carbonyl (C=O) groups is 1. The first kappa shape index (κ1) is 16.6. The Labute approximate surface area is 134 Å². The van der Waals surface area contributed by atoms with Crippen LogP contribution in [0.15, 0.2) is 22.9 Å². The SMILES string of the molecule is CC(C)CCC1(C(=O)NC2=CC=C(Cl)C[CH]2)CCCCC1. The molecule has 0 bridgehead atoms. The molecule has 0 atom stereocenters. The lowest BCUT2D eigenvalue weighted by molar-refractivity contribution is -0.132. The normalized spacial score (nSPS) is 21.7. The van der Waals surface area contributed by atoms with Crippen molar-refractivity contribution in [3.63, 3.8) is 0 Å². The molecule has 2 aliphatic carbocycles. The molecule has 117 valence electrons. The summed E-state index contributed by atoms with van der Waals surface area (Å²) in [5.74, 6) is 0.871. The van der Waals surface area contributed by atoms with Crippen LogP contribution in [0.2, 0.25) is 0 Å². The highest BCUT2D eigenvalue weighted by atomic mass is 35.5. The van der Waals surface area contributed by atoms with Crippen molar-refractivity contribution in [2.24, 2.45) is 11.3 Å². The van der Waals surface area contributed by atoms with Gasteiger partial charge in [0.25, 0.3) is 0 Å². The molecule has 0 saturated heterocycles. The van der Waals surface area contributed by atoms with Crippen molar-refractivity contribution in [1.82, 2.24) is 5.32 Å². The lowest BCUT2D eigenvalue weighted by atomic mass is 9.69. The van der Waals surface area contributed by atoms with Gasteiger partial charge in [-0.25, -0.2) is 0 Å². The van der Waals surface area contributed by atoms with E-state index < -0.39 is 0 Å². The van der Waals surface area contributed by atoms with Gasteiger partial charge in [-0.1, -0.05) is 44.7 Å². The first-order valence-electron chi connectivity index (χ1n) is 8.23. The molecular weight excluding hydrogens is 282 g/mol. The molecule has 1 fully saturated rings. The number of amides is 1. The molecular formula is C18H27ClNO. The van der Waals surface area contributed by atoms with Gasteiger partial charge >= 0.3 is 0 Å². The summed E-state index contributed by atoms with van der Waals surface area (Å²) < 4.78 is 0. The van der Waals surface area contributed by atoms with E-state index in [2.05, 4.69) is 19.2 Å². The largest absolute Gasteiger partial charge is 0.329 e. The van der Waals surface area contributed by atoms with Crippen molar-refractivity contribution >= 4 is 17.5 Å². The standard InChI is InChI=1S/C18H27ClNO/c1-14(2)10-13-18(11-4-3-5-12-18)17(21)20-16-8-6-15(19)7-9-16/h6,8-9,14H,3-5,7,10-13H2,1-2H3,(H,20,21). The summed E-state index contributed by atoms with van der Waals surface area (Å²) in [7, 11) is 0. The van der Waals surface area contributed by atoms with Gasteiger partial charge in [-0.2, -0.15) is 0 Å². The molecule has 1 amide bonds. The van der Waals surface area contributed by atoms with E-state index in [4.69, 9.17) is 11.6 Å². The number of allylic oxidation sites excluding steroid dienone is 4. The quantitative estimate of drug-likeness (QED) is 0.752. The average Bonchev–Trinajstić information content (AvgIpc) is 2.48. The van der Waals surface area contributed by atoms with E-state index in [1.54, 1.807) is 0 Å². The summed E-state index contributed by atoms with van der Waals surface area (Å²) in [4.78, 5) is 12.9. The number of nitrogens with one attached hydrogen (secondary N) is 1. The zero-order chi connectivity index (χ0) is 15.3. The van der Waals surface area contributed by atoms with E-state index in [9.17, 15) is 4.79 Å². The van der Waals surface area contributed by atoms with Crippen LogP contribution in [0.4, 0.5) is 0 Å². The minimum absolute atomic E-state index is 0.151. The summed E-state index contributed by atoms with van der Waals surface area (Å²) in [6.07, 6.45) is 14.3. The van der Waals surface area contributed by atoms with Crippen molar-refractivity contribution in [2.45, 2.75) is 65.2 Å². The van der Waals surface area contributed by atoms with Crippen LogP contribution >= 0.6 is 11.6 Å². The predicted molar refractivity (Wildman–Crippen MR) is 88.7 cm³/mol. The number of hydrogen-bond acceptors (Lipinski definition) is 1. The lowest BCUT2D eigenvalue weighted by Crippen LogP contribution is -2.42. The highest BCUT2D eigenvalue weighted by Gasteiger charge is 2.39. The van der Waals surface area contributed by atoms with Crippen LogP contribution in [0, 0.1) is 17.8 Å². The van der Waals surface area contributed by atoms with Gasteiger partial charge in [-0.3, -0.25) is 4.79 Å². The zero-order valence-electron chi connectivity index (χ0n) is 13.3. The molecule has 21 heavy (non-hydrogen) atoms. The Balaban J connectivity index is 2.03. The number of carbonyl (C=O) groups excluding carboxylic acids is 1. The summed E-state index contributed by atoms with van der Waals surface area (Å²) in [5, 5.41) is 3.96. The Morgan fingerprint density at radius 1 is 1.29 bits per heavy atom. The highest BCUT2D eigenvalue weighted by Crippen LogP contribution is 2.41. The van der Waals surface area contributed by atoms with Gasteiger partial charge < -0.3 is 5.32 Å². The molecule has 2 rings (SSSR count). The van der Waals surface area contributed by atoms with Gasteiger partial charge in [0.05, 0.1) is 0 Å². The maximum absolute atomic E-state index is 12.9. The van der Waals surface area contributed by atoms with Gasteiger partial charge in [0.15, 0.2) is 0 Å². The summed E-state index contributed by atoms with van der Waals surface area (Å²) in [5.41, 5.74) is 0.751. The second-order valence-electron chi connectivity index (χ2n) is 6.87. The fourth-order valence-corrected chi connectivity index (χ4v) is 3.40. The van der Waals surface area contributed by atoms with Crippen LogP contribution in [0.3, 0.4) is 0 Å².